The fourth-order valence-electron chi connectivity index (χ4n) is 2.31. The van der Waals surface area contributed by atoms with Gasteiger partial charge in [-0.25, -0.2) is 9.37 Å². The van der Waals surface area contributed by atoms with Crippen molar-refractivity contribution >= 4 is 21.4 Å². The highest BCUT2D eigenvalue weighted by molar-refractivity contribution is 7.92. The summed E-state index contributed by atoms with van der Waals surface area (Å²) in [6.07, 6.45) is 2.64. The molecule has 3 aromatic heterocycles. The summed E-state index contributed by atoms with van der Waals surface area (Å²) < 4.78 is 76.0. The number of sulfonamides is 1. The van der Waals surface area contributed by atoms with Gasteiger partial charge in [0.2, 0.25) is 5.88 Å². The van der Waals surface area contributed by atoms with Gasteiger partial charge < -0.3 is 9.47 Å². The molecule has 0 fully saturated rings. The van der Waals surface area contributed by atoms with Crippen molar-refractivity contribution in [3.05, 3.63) is 42.0 Å². The first-order valence-electron chi connectivity index (χ1n) is 7.37. The van der Waals surface area contributed by atoms with E-state index in [9.17, 15) is 21.6 Å². The molecule has 27 heavy (non-hydrogen) atoms. The lowest BCUT2D eigenvalue weighted by molar-refractivity contribution is -0.0555. The van der Waals surface area contributed by atoms with Crippen molar-refractivity contribution in [2.24, 2.45) is 0 Å². The standard InChI is InChI=1S/C15H13F3N4O4S/c1-8-3-4-22-11(5-8)19-7-12(22)27(23,24)21-10-6-9(16)13(26-15(17)18)20-14(10)25-2/h3-7,15,21H,1-2H3. The second-order valence-corrected chi connectivity index (χ2v) is 6.97. The lowest BCUT2D eigenvalue weighted by atomic mass is 10.3. The predicted octanol–water partition coefficient (Wildman–Crippen LogP) is 2.59. The number of halogens is 3. The predicted molar refractivity (Wildman–Crippen MR) is 88.1 cm³/mol. The van der Waals surface area contributed by atoms with Gasteiger partial charge in [-0.1, -0.05) is 0 Å². The van der Waals surface area contributed by atoms with E-state index >= 15 is 0 Å². The SMILES string of the molecule is COc1nc(OC(F)F)c(F)cc1NS(=O)(=O)c1cnc2cc(C)ccn12. The summed E-state index contributed by atoms with van der Waals surface area (Å²) in [5, 5.41) is -0.215. The molecule has 0 aliphatic carbocycles. The fourth-order valence-corrected chi connectivity index (χ4v) is 3.45. The van der Waals surface area contributed by atoms with E-state index in [-0.39, 0.29) is 5.03 Å². The van der Waals surface area contributed by atoms with Gasteiger partial charge in [-0.05, 0) is 24.6 Å². The minimum atomic E-state index is -4.22. The minimum absolute atomic E-state index is 0.215. The summed E-state index contributed by atoms with van der Waals surface area (Å²) in [5.41, 5.74) is 0.888. The molecule has 0 aromatic carbocycles. The summed E-state index contributed by atoms with van der Waals surface area (Å²) in [6, 6.07) is 4.00. The first-order chi connectivity index (χ1) is 12.7. The van der Waals surface area contributed by atoms with Crippen LogP contribution in [0.5, 0.6) is 11.8 Å². The zero-order valence-electron chi connectivity index (χ0n) is 14.0. The van der Waals surface area contributed by atoms with Crippen molar-refractivity contribution < 1.29 is 31.1 Å². The molecule has 1 N–H and O–H groups in total. The molecule has 0 radical (unpaired) electrons. The molecule has 0 bridgehead atoms. The van der Waals surface area contributed by atoms with Crippen molar-refractivity contribution in [3.8, 4) is 11.8 Å². The van der Waals surface area contributed by atoms with Crippen molar-refractivity contribution in [1.82, 2.24) is 14.4 Å². The number of rotatable bonds is 6. The number of nitrogens with one attached hydrogen (secondary N) is 1. The van der Waals surface area contributed by atoms with Crippen molar-refractivity contribution in [1.29, 1.82) is 0 Å². The Morgan fingerprint density at radius 1 is 1.26 bits per heavy atom. The molecule has 144 valence electrons. The third-order valence-electron chi connectivity index (χ3n) is 3.46. The van der Waals surface area contributed by atoms with Crippen molar-refractivity contribution in [3.63, 3.8) is 0 Å². The van der Waals surface area contributed by atoms with E-state index in [4.69, 9.17) is 4.74 Å². The Bertz CT molecular complexity index is 1100. The molecule has 0 saturated heterocycles. The zero-order chi connectivity index (χ0) is 19.8. The highest BCUT2D eigenvalue weighted by Crippen LogP contribution is 2.30. The smallest absolute Gasteiger partial charge is 0.388 e. The van der Waals surface area contributed by atoms with Crippen LogP contribution < -0.4 is 14.2 Å². The number of fused-ring (bicyclic) bond motifs is 1. The number of methoxy groups -OCH3 is 1. The van der Waals surface area contributed by atoms with Crippen molar-refractivity contribution in [2.45, 2.75) is 18.6 Å². The van der Waals surface area contributed by atoms with Gasteiger partial charge in [0.05, 0.1) is 13.3 Å². The number of imidazole rings is 1. The molecule has 3 aromatic rings. The van der Waals surface area contributed by atoms with Gasteiger partial charge in [0, 0.05) is 12.3 Å². The summed E-state index contributed by atoms with van der Waals surface area (Å²) >= 11 is 0. The summed E-state index contributed by atoms with van der Waals surface area (Å²) in [6.45, 7) is -1.48. The van der Waals surface area contributed by atoms with Gasteiger partial charge in [-0.2, -0.15) is 22.2 Å². The highest BCUT2D eigenvalue weighted by Gasteiger charge is 2.24. The molecule has 3 rings (SSSR count). The molecule has 12 heteroatoms. The van der Waals surface area contributed by atoms with E-state index in [1.54, 1.807) is 12.1 Å². The molecule has 0 aliphatic heterocycles. The molecule has 0 spiro atoms. The molecular weight excluding hydrogens is 389 g/mol. The zero-order valence-corrected chi connectivity index (χ0v) is 14.8. The van der Waals surface area contributed by atoms with Gasteiger partial charge in [-0.3, -0.25) is 9.12 Å². The largest absolute Gasteiger partial charge is 0.479 e. The molecule has 0 amide bonds. The summed E-state index contributed by atoms with van der Waals surface area (Å²) in [4.78, 5) is 7.44. The Hall–Kier alpha value is -3.02. The Balaban J connectivity index is 2.01. The van der Waals surface area contributed by atoms with E-state index < -0.39 is 39.9 Å². The maximum atomic E-state index is 13.9. The second-order valence-electron chi connectivity index (χ2n) is 5.34. The number of anilines is 1. The topological polar surface area (TPSA) is 94.8 Å². The second kappa shape index (κ2) is 6.95. The third-order valence-corrected chi connectivity index (χ3v) is 4.80. The van der Waals surface area contributed by atoms with Crippen LogP contribution in [-0.4, -0.2) is 36.5 Å². The number of ether oxygens (including phenoxy) is 2. The number of aromatic nitrogens is 3. The number of hydrogen-bond donors (Lipinski definition) is 1. The van der Waals surface area contributed by atoms with Crippen LogP contribution in [0.4, 0.5) is 18.9 Å². The van der Waals surface area contributed by atoms with Crippen LogP contribution in [-0.2, 0) is 10.0 Å². The van der Waals surface area contributed by atoms with Gasteiger partial charge in [0.15, 0.2) is 10.8 Å². The Labute approximate surface area is 151 Å². The molecular formula is C15H13F3N4O4S. The third kappa shape index (κ3) is 3.74. The fraction of sp³-hybridized carbons (Fsp3) is 0.200. The van der Waals surface area contributed by atoms with Crippen LogP contribution in [0, 0.1) is 12.7 Å². The molecule has 8 nitrogen and oxygen atoms in total. The number of hydrogen-bond acceptors (Lipinski definition) is 6. The van der Waals surface area contributed by atoms with Crippen molar-refractivity contribution in [2.75, 3.05) is 11.8 Å². The maximum Gasteiger partial charge on any atom is 0.388 e. The van der Waals surface area contributed by atoms with Crippen LogP contribution in [0.15, 0.2) is 35.6 Å². The number of alkyl halides is 2. The first-order valence-corrected chi connectivity index (χ1v) is 8.85. The molecule has 0 aliphatic rings. The summed E-state index contributed by atoms with van der Waals surface area (Å²) in [5.74, 6) is -2.75. The average Bonchev–Trinajstić information content (AvgIpc) is 3.00. The molecule has 0 unspecified atom stereocenters. The van der Waals surface area contributed by atoms with E-state index in [1.807, 2.05) is 6.92 Å². The van der Waals surface area contributed by atoms with Crippen LogP contribution in [0.1, 0.15) is 5.56 Å². The highest BCUT2D eigenvalue weighted by atomic mass is 32.2. The van der Waals surface area contributed by atoms with Crippen LogP contribution in [0.3, 0.4) is 0 Å². The van der Waals surface area contributed by atoms with Gasteiger partial charge in [0.25, 0.3) is 15.9 Å². The van der Waals surface area contributed by atoms with E-state index in [0.717, 1.165) is 18.9 Å². The Morgan fingerprint density at radius 3 is 2.67 bits per heavy atom. The lowest BCUT2D eigenvalue weighted by Gasteiger charge is -2.13. The molecule has 0 saturated carbocycles. The van der Waals surface area contributed by atoms with Crippen LogP contribution in [0.2, 0.25) is 0 Å². The monoisotopic (exact) mass is 402 g/mol. The summed E-state index contributed by atoms with van der Waals surface area (Å²) in [7, 11) is -3.11. The normalized spacial score (nSPS) is 11.8. The number of pyridine rings is 2. The van der Waals surface area contributed by atoms with Crippen LogP contribution >= 0.6 is 0 Å². The van der Waals surface area contributed by atoms with E-state index in [1.165, 1.54) is 10.6 Å². The quantitative estimate of drug-likeness (QED) is 0.681. The van der Waals surface area contributed by atoms with E-state index in [2.05, 4.69) is 19.4 Å². The molecule has 0 atom stereocenters. The first kappa shape index (κ1) is 18.8. The Morgan fingerprint density at radius 2 is 2.00 bits per heavy atom. The Kier molecular flexibility index (Phi) is 4.83. The van der Waals surface area contributed by atoms with E-state index in [0.29, 0.717) is 11.7 Å². The average molecular weight is 402 g/mol. The van der Waals surface area contributed by atoms with Gasteiger partial charge in [-0.15, -0.1) is 0 Å². The van der Waals surface area contributed by atoms with Crippen LogP contribution in [0.25, 0.3) is 5.65 Å². The maximum absolute atomic E-state index is 13.9. The minimum Gasteiger partial charge on any atom is -0.479 e. The van der Waals surface area contributed by atoms with Gasteiger partial charge >= 0.3 is 6.61 Å². The van der Waals surface area contributed by atoms with Gasteiger partial charge in [0.1, 0.15) is 11.3 Å². The lowest BCUT2D eigenvalue weighted by Crippen LogP contribution is -2.17. The number of nitrogens with zero attached hydrogens (tertiary/aromatic N) is 3. The number of aryl methyl sites for hydroxylation is 1. The molecule has 3 heterocycles.